The zero-order valence-corrected chi connectivity index (χ0v) is 8.17. The topological polar surface area (TPSA) is 52.8 Å². The molecular weight excluding hydrogens is 154 g/mol. The summed E-state index contributed by atoms with van der Waals surface area (Å²) in [5.41, 5.74) is -0.468. The number of rotatable bonds is 5. The first-order chi connectivity index (χ1) is 5.60. The van der Waals surface area contributed by atoms with Crippen LogP contribution in [0.5, 0.6) is 0 Å². The van der Waals surface area contributed by atoms with Crippen molar-refractivity contribution < 1.29 is 10.3 Å². The summed E-state index contributed by atoms with van der Waals surface area (Å²) in [5, 5.41) is 21.6. The van der Waals surface area contributed by atoms with E-state index in [1.807, 2.05) is 13.8 Å². The fourth-order valence-corrected chi connectivity index (χ4v) is 1.41. The van der Waals surface area contributed by atoms with Gasteiger partial charge in [-0.15, -0.1) is 0 Å². The second-order valence-corrected chi connectivity index (χ2v) is 3.22. The van der Waals surface area contributed by atoms with Crippen molar-refractivity contribution in [3.8, 4) is 0 Å². The van der Waals surface area contributed by atoms with E-state index < -0.39 is 5.60 Å². The molecule has 2 N–H and O–H groups in total. The average Bonchev–Trinajstić information content (AvgIpc) is 2.04. The number of hydrogen-bond donors (Lipinski definition) is 2. The Labute approximate surface area is 74.1 Å². The second-order valence-electron chi connectivity index (χ2n) is 3.22. The quantitative estimate of drug-likeness (QED) is 0.380. The second kappa shape index (κ2) is 5.14. The van der Waals surface area contributed by atoms with Crippen LogP contribution in [0.3, 0.4) is 0 Å². The molecule has 0 radical (unpaired) electrons. The van der Waals surface area contributed by atoms with Gasteiger partial charge in [0.05, 0.1) is 5.71 Å². The van der Waals surface area contributed by atoms with Crippen molar-refractivity contribution in [3.63, 3.8) is 0 Å². The SMILES string of the molecule is CCCC(O)(CCC)C(C)=NO. The van der Waals surface area contributed by atoms with Gasteiger partial charge in [-0.2, -0.15) is 0 Å². The molecule has 3 heteroatoms. The molecule has 0 aromatic heterocycles. The van der Waals surface area contributed by atoms with Crippen LogP contribution in [-0.2, 0) is 0 Å². The van der Waals surface area contributed by atoms with Crippen molar-refractivity contribution in [1.82, 2.24) is 0 Å². The highest BCUT2D eigenvalue weighted by atomic mass is 16.4. The first kappa shape index (κ1) is 11.4. The Morgan fingerprint density at radius 3 is 1.92 bits per heavy atom. The molecule has 0 bridgehead atoms. The van der Waals surface area contributed by atoms with Gasteiger partial charge in [0.1, 0.15) is 5.60 Å². The Hall–Kier alpha value is -0.570. The highest BCUT2D eigenvalue weighted by molar-refractivity contribution is 5.89. The standard InChI is InChI=1S/C9H19NO2/c1-4-6-9(11,7-5-2)8(3)10-12/h11-12H,4-7H2,1-3H3. The van der Waals surface area contributed by atoms with Crippen LogP contribution in [0.15, 0.2) is 5.16 Å². The minimum Gasteiger partial charge on any atom is -0.411 e. The third-order valence-electron chi connectivity index (χ3n) is 2.15. The van der Waals surface area contributed by atoms with E-state index in [4.69, 9.17) is 5.21 Å². The molecule has 3 nitrogen and oxygen atoms in total. The number of oxime groups is 1. The van der Waals surface area contributed by atoms with Crippen LogP contribution in [0.25, 0.3) is 0 Å². The molecule has 72 valence electrons. The van der Waals surface area contributed by atoms with Crippen LogP contribution in [-0.4, -0.2) is 21.6 Å². The van der Waals surface area contributed by atoms with Gasteiger partial charge in [-0.05, 0) is 19.8 Å². The van der Waals surface area contributed by atoms with Crippen LogP contribution < -0.4 is 0 Å². The maximum absolute atomic E-state index is 9.99. The van der Waals surface area contributed by atoms with Crippen molar-refractivity contribution in [3.05, 3.63) is 0 Å². The molecule has 0 rings (SSSR count). The van der Waals surface area contributed by atoms with Crippen molar-refractivity contribution in [2.45, 2.75) is 52.1 Å². The van der Waals surface area contributed by atoms with Crippen LogP contribution >= 0.6 is 0 Å². The molecule has 0 unspecified atom stereocenters. The fraction of sp³-hybridized carbons (Fsp3) is 0.889. The Morgan fingerprint density at radius 2 is 1.67 bits per heavy atom. The maximum atomic E-state index is 9.99. The normalized spacial score (nSPS) is 13.5. The summed E-state index contributed by atoms with van der Waals surface area (Å²) in [6, 6.07) is 0. The first-order valence-corrected chi connectivity index (χ1v) is 4.52. The lowest BCUT2D eigenvalue weighted by Crippen LogP contribution is -2.36. The molecule has 0 spiro atoms. The van der Waals surface area contributed by atoms with Crippen LogP contribution in [0.4, 0.5) is 0 Å². The molecule has 0 heterocycles. The lowest BCUT2D eigenvalue weighted by atomic mass is 9.88. The van der Waals surface area contributed by atoms with E-state index in [0.29, 0.717) is 18.6 Å². The third-order valence-corrected chi connectivity index (χ3v) is 2.15. The van der Waals surface area contributed by atoms with E-state index in [2.05, 4.69) is 5.16 Å². The highest BCUT2D eigenvalue weighted by Gasteiger charge is 2.28. The predicted octanol–water partition coefficient (Wildman–Crippen LogP) is 2.17. The maximum Gasteiger partial charge on any atom is 0.106 e. The van der Waals surface area contributed by atoms with Gasteiger partial charge in [-0.3, -0.25) is 0 Å². The average molecular weight is 173 g/mol. The molecule has 0 saturated heterocycles. The first-order valence-electron chi connectivity index (χ1n) is 4.52. The largest absolute Gasteiger partial charge is 0.411 e. The number of nitrogens with zero attached hydrogens (tertiary/aromatic N) is 1. The van der Waals surface area contributed by atoms with Crippen LogP contribution in [0.2, 0.25) is 0 Å². The number of aliphatic hydroxyl groups is 1. The summed E-state index contributed by atoms with van der Waals surface area (Å²) in [4.78, 5) is 0. The van der Waals surface area contributed by atoms with Crippen molar-refractivity contribution in [2.75, 3.05) is 0 Å². The van der Waals surface area contributed by atoms with E-state index >= 15 is 0 Å². The molecule has 0 fully saturated rings. The molecule has 12 heavy (non-hydrogen) atoms. The Bertz CT molecular complexity index is 149. The van der Waals surface area contributed by atoms with E-state index in [-0.39, 0.29) is 0 Å². The molecule has 0 aliphatic heterocycles. The minimum absolute atomic E-state index is 0.422. The summed E-state index contributed by atoms with van der Waals surface area (Å²) in [5.74, 6) is 0. The third kappa shape index (κ3) is 2.81. The van der Waals surface area contributed by atoms with E-state index in [1.165, 1.54) is 0 Å². The zero-order chi connectivity index (χ0) is 9.61. The van der Waals surface area contributed by atoms with Gasteiger partial charge >= 0.3 is 0 Å². The van der Waals surface area contributed by atoms with E-state index in [1.54, 1.807) is 6.92 Å². The van der Waals surface area contributed by atoms with Gasteiger partial charge in [0.2, 0.25) is 0 Å². The van der Waals surface area contributed by atoms with Gasteiger partial charge in [-0.1, -0.05) is 31.8 Å². The lowest BCUT2D eigenvalue weighted by molar-refractivity contribution is 0.0863. The summed E-state index contributed by atoms with van der Waals surface area (Å²) in [6.45, 7) is 5.67. The highest BCUT2D eigenvalue weighted by Crippen LogP contribution is 2.21. The zero-order valence-electron chi connectivity index (χ0n) is 8.17. The monoisotopic (exact) mass is 173 g/mol. The fourth-order valence-electron chi connectivity index (χ4n) is 1.41. The summed E-state index contributed by atoms with van der Waals surface area (Å²) in [6.07, 6.45) is 3.11. The van der Waals surface area contributed by atoms with E-state index in [9.17, 15) is 5.11 Å². The Morgan fingerprint density at radius 1 is 1.25 bits per heavy atom. The van der Waals surface area contributed by atoms with E-state index in [0.717, 1.165) is 12.8 Å². The molecule has 0 aliphatic carbocycles. The molecule has 0 aliphatic rings. The summed E-state index contributed by atoms with van der Waals surface area (Å²) >= 11 is 0. The van der Waals surface area contributed by atoms with Gasteiger partial charge in [0.25, 0.3) is 0 Å². The predicted molar refractivity (Wildman–Crippen MR) is 49.7 cm³/mol. The molecule has 0 aromatic rings. The molecule has 0 amide bonds. The van der Waals surface area contributed by atoms with Crippen molar-refractivity contribution in [1.29, 1.82) is 0 Å². The van der Waals surface area contributed by atoms with Gasteiger partial charge < -0.3 is 10.3 Å². The lowest BCUT2D eigenvalue weighted by Gasteiger charge is -2.26. The minimum atomic E-state index is -0.891. The van der Waals surface area contributed by atoms with Crippen molar-refractivity contribution >= 4 is 5.71 Å². The number of hydrogen-bond acceptors (Lipinski definition) is 3. The van der Waals surface area contributed by atoms with Crippen LogP contribution in [0, 0.1) is 0 Å². The molecule has 0 atom stereocenters. The molecule has 0 saturated carbocycles. The summed E-state index contributed by atoms with van der Waals surface area (Å²) < 4.78 is 0. The van der Waals surface area contributed by atoms with Crippen LogP contribution in [0.1, 0.15) is 46.5 Å². The Kier molecular flexibility index (Phi) is 4.90. The van der Waals surface area contributed by atoms with Gasteiger partial charge in [0, 0.05) is 0 Å². The Balaban J connectivity index is 4.37. The van der Waals surface area contributed by atoms with Crippen molar-refractivity contribution in [2.24, 2.45) is 5.16 Å². The molecule has 0 aromatic carbocycles. The summed E-state index contributed by atoms with van der Waals surface area (Å²) in [7, 11) is 0. The smallest absolute Gasteiger partial charge is 0.106 e. The molecular formula is C9H19NO2. The van der Waals surface area contributed by atoms with Gasteiger partial charge in [-0.25, -0.2) is 0 Å². The van der Waals surface area contributed by atoms with Gasteiger partial charge in [0.15, 0.2) is 0 Å².